The summed E-state index contributed by atoms with van der Waals surface area (Å²) in [6.07, 6.45) is 2.95. The predicted molar refractivity (Wildman–Crippen MR) is 116 cm³/mol. The molecule has 174 valence electrons. The average molecular weight is 458 g/mol. The summed E-state index contributed by atoms with van der Waals surface area (Å²) >= 11 is 0. The van der Waals surface area contributed by atoms with E-state index in [0.29, 0.717) is 22.7 Å². The van der Waals surface area contributed by atoms with Gasteiger partial charge in [-0.05, 0) is 54.5 Å². The van der Waals surface area contributed by atoms with Gasteiger partial charge >= 0.3 is 11.9 Å². The first kappa shape index (κ1) is 24.9. The lowest BCUT2D eigenvalue weighted by Crippen LogP contribution is -2.11. The van der Waals surface area contributed by atoms with E-state index in [0.717, 1.165) is 0 Å². The molecular weight excluding hydrogens is 436 g/mol. The molecule has 0 aliphatic rings. The SMILES string of the molecule is CC(=O)Nc1ccc(OC(=O)C=Cc2ccc(OCOC(=O)CCCO[N+](=O)[O-])cc2)cc1. The van der Waals surface area contributed by atoms with Crippen molar-refractivity contribution in [3.63, 3.8) is 0 Å². The Morgan fingerprint density at radius 3 is 2.33 bits per heavy atom. The molecule has 0 fully saturated rings. The van der Waals surface area contributed by atoms with Crippen molar-refractivity contribution in [2.75, 3.05) is 18.7 Å². The van der Waals surface area contributed by atoms with Crippen LogP contribution in [-0.4, -0.2) is 36.3 Å². The van der Waals surface area contributed by atoms with Gasteiger partial charge in [0.1, 0.15) is 11.5 Å². The van der Waals surface area contributed by atoms with Crippen LogP contribution in [0.25, 0.3) is 6.08 Å². The summed E-state index contributed by atoms with van der Waals surface area (Å²) in [7, 11) is 0. The van der Waals surface area contributed by atoms with Gasteiger partial charge in [0.05, 0.1) is 6.61 Å². The van der Waals surface area contributed by atoms with Crippen molar-refractivity contribution in [3.8, 4) is 11.5 Å². The van der Waals surface area contributed by atoms with Gasteiger partial charge in [-0.25, -0.2) is 4.79 Å². The molecule has 0 unspecified atom stereocenters. The van der Waals surface area contributed by atoms with Crippen LogP contribution < -0.4 is 14.8 Å². The van der Waals surface area contributed by atoms with E-state index in [1.807, 2.05) is 0 Å². The molecule has 11 nitrogen and oxygen atoms in total. The summed E-state index contributed by atoms with van der Waals surface area (Å²) in [6.45, 7) is 0.906. The fourth-order valence-electron chi connectivity index (χ4n) is 2.39. The molecule has 0 spiro atoms. The molecule has 1 N–H and O–H groups in total. The standard InChI is InChI=1S/C22H22N2O9/c1-16(25)23-18-7-11-20(12-8-18)33-22(27)13-6-17-4-9-19(10-5-17)30-15-31-21(26)3-2-14-32-24(28)29/h4-13H,2-3,14-15H2,1H3,(H,23,25). The second kappa shape index (κ2) is 13.1. The number of anilines is 1. The number of benzene rings is 2. The van der Waals surface area contributed by atoms with Gasteiger partial charge in [0.15, 0.2) is 0 Å². The van der Waals surface area contributed by atoms with Crippen molar-refractivity contribution in [2.24, 2.45) is 0 Å². The van der Waals surface area contributed by atoms with E-state index < -0.39 is 17.0 Å². The third kappa shape index (κ3) is 10.4. The average Bonchev–Trinajstić information content (AvgIpc) is 2.77. The summed E-state index contributed by atoms with van der Waals surface area (Å²) < 4.78 is 15.3. The van der Waals surface area contributed by atoms with E-state index >= 15 is 0 Å². The molecule has 11 heteroatoms. The van der Waals surface area contributed by atoms with Crippen LogP contribution >= 0.6 is 0 Å². The summed E-state index contributed by atoms with van der Waals surface area (Å²) in [5.41, 5.74) is 1.31. The number of amides is 1. The molecule has 2 rings (SSSR count). The lowest BCUT2D eigenvalue weighted by Gasteiger charge is -2.07. The molecule has 33 heavy (non-hydrogen) atoms. The van der Waals surface area contributed by atoms with Crippen molar-refractivity contribution >= 4 is 29.6 Å². The maximum atomic E-state index is 12.0. The fourth-order valence-corrected chi connectivity index (χ4v) is 2.39. The topological polar surface area (TPSA) is 143 Å². The van der Waals surface area contributed by atoms with E-state index in [4.69, 9.17) is 14.2 Å². The molecule has 0 saturated heterocycles. The van der Waals surface area contributed by atoms with Crippen molar-refractivity contribution in [1.29, 1.82) is 0 Å². The quantitative estimate of drug-likeness (QED) is 0.0965. The lowest BCUT2D eigenvalue weighted by atomic mass is 10.2. The summed E-state index contributed by atoms with van der Waals surface area (Å²) in [6, 6.07) is 13.0. The molecule has 0 aliphatic heterocycles. The Kier molecular flexibility index (Phi) is 9.87. The highest BCUT2D eigenvalue weighted by molar-refractivity contribution is 5.90. The molecule has 2 aromatic carbocycles. The van der Waals surface area contributed by atoms with E-state index in [-0.39, 0.29) is 32.1 Å². The van der Waals surface area contributed by atoms with Gasteiger partial charge in [-0.3, -0.25) is 9.59 Å². The van der Waals surface area contributed by atoms with E-state index in [1.54, 1.807) is 54.6 Å². The monoisotopic (exact) mass is 458 g/mol. The minimum Gasteiger partial charge on any atom is -0.457 e. The van der Waals surface area contributed by atoms with Gasteiger partial charge in [-0.1, -0.05) is 12.1 Å². The molecule has 0 atom stereocenters. The number of carbonyl (C=O) groups is 3. The lowest BCUT2D eigenvalue weighted by molar-refractivity contribution is -0.757. The highest BCUT2D eigenvalue weighted by atomic mass is 16.9. The zero-order valence-electron chi connectivity index (χ0n) is 17.7. The molecule has 1 amide bonds. The van der Waals surface area contributed by atoms with Crippen LogP contribution in [0.5, 0.6) is 11.5 Å². The highest BCUT2D eigenvalue weighted by Gasteiger charge is 2.05. The second-order valence-corrected chi connectivity index (χ2v) is 6.47. The number of nitrogens with one attached hydrogen (secondary N) is 1. The number of ether oxygens (including phenoxy) is 3. The smallest absolute Gasteiger partial charge is 0.336 e. The third-order valence-electron chi connectivity index (χ3n) is 3.85. The molecule has 0 heterocycles. The first-order chi connectivity index (χ1) is 15.8. The van der Waals surface area contributed by atoms with Crippen LogP contribution in [0.4, 0.5) is 5.69 Å². The third-order valence-corrected chi connectivity index (χ3v) is 3.85. The van der Waals surface area contributed by atoms with Crippen molar-refractivity contribution in [3.05, 3.63) is 70.3 Å². The van der Waals surface area contributed by atoms with Crippen LogP contribution in [0.3, 0.4) is 0 Å². The molecule has 2 aromatic rings. The van der Waals surface area contributed by atoms with Crippen LogP contribution in [-0.2, 0) is 24.0 Å². The number of carbonyl (C=O) groups excluding carboxylic acids is 3. The minimum absolute atomic E-state index is 0.0313. The van der Waals surface area contributed by atoms with Crippen LogP contribution in [0, 0.1) is 10.1 Å². The number of nitrogens with zero attached hydrogens (tertiary/aromatic N) is 1. The Bertz CT molecular complexity index is 986. The van der Waals surface area contributed by atoms with Gasteiger partial charge in [0, 0.05) is 25.1 Å². The number of rotatable bonds is 12. The molecule has 0 saturated carbocycles. The molecule has 0 radical (unpaired) electrons. The molecule has 0 aromatic heterocycles. The Morgan fingerprint density at radius 2 is 1.70 bits per heavy atom. The Labute approximate surface area is 189 Å². The maximum Gasteiger partial charge on any atom is 0.336 e. The van der Waals surface area contributed by atoms with Crippen molar-refractivity contribution in [1.82, 2.24) is 0 Å². The maximum absolute atomic E-state index is 12.0. The first-order valence-corrected chi connectivity index (χ1v) is 9.75. The summed E-state index contributed by atoms with van der Waals surface area (Å²) in [4.78, 5) is 48.5. The van der Waals surface area contributed by atoms with E-state index in [9.17, 15) is 24.5 Å². The van der Waals surface area contributed by atoms with Crippen LogP contribution in [0.15, 0.2) is 54.6 Å². The predicted octanol–water partition coefficient (Wildman–Crippen LogP) is 3.13. The fraction of sp³-hybridized carbons (Fsp3) is 0.227. The van der Waals surface area contributed by atoms with Gasteiger partial charge in [0.2, 0.25) is 12.7 Å². The number of hydrogen-bond donors (Lipinski definition) is 1. The van der Waals surface area contributed by atoms with Crippen molar-refractivity contribution < 1.29 is 38.5 Å². The Balaban J connectivity index is 1.71. The molecular formula is C22H22N2O9. The second-order valence-electron chi connectivity index (χ2n) is 6.47. The molecule has 0 bridgehead atoms. The van der Waals surface area contributed by atoms with E-state index in [2.05, 4.69) is 10.2 Å². The number of esters is 2. The van der Waals surface area contributed by atoms with Crippen molar-refractivity contribution in [2.45, 2.75) is 19.8 Å². The first-order valence-electron chi connectivity index (χ1n) is 9.75. The minimum atomic E-state index is -0.925. The van der Waals surface area contributed by atoms with Gasteiger partial charge in [-0.15, -0.1) is 10.1 Å². The Hall–Kier alpha value is -4.41. The van der Waals surface area contributed by atoms with E-state index in [1.165, 1.54) is 13.0 Å². The summed E-state index contributed by atoms with van der Waals surface area (Å²) in [5.74, 6) is -0.554. The Morgan fingerprint density at radius 1 is 1.03 bits per heavy atom. The van der Waals surface area contributed by atoms with Gasteiger partial charge < -0.3 is 24.4 Å². The number of hydrogen-bond acceptors (Lipinski definition) is 9. The highest BCUT2D eigenvalue weighted by Crippen LogP contribution is 2.17. The van der Waals surface area contributed by atoms with Crippen LogP contribution in [0.1, 0.15) is 25.3 Å². The molecule has 0 aliphatic carbocycles. The zero-order chi connectivity index (χ0) is 24.1. The normalized spacial score (nSPS) is 10.3. The van der Waals surface area contributed by atoms with Gasteiger partial charge in [0.25, 0.3) is 5.09 Å². The van der Waals surface area contributed by atoms with Crippen LogP contribution in [0.2, 0.25) is 0 Å². The zero-order valence-corrected chi connectivity index (χ0v) is 17.7. The van der Waals surface area contributed by atoms with Gasteiger partial charge in [-0.2, -0.15) is 0 Å². The summed E-state index contributed by atoms with van der Waals surface area (Å²) in [5, 5.41) is 11.7. The largest absolute Gasteiger partial charge is 0.457 e.